The van der Waals surface area contributed by atoms with Crippen LogP contribution in [-0.2, 0) is 0 Å². The number of aryl methyl sites for hydroxylation is 2. The minimum Gasteiger partial charge on any atom is -0.289 e. The second kappa shape index (κ2) is 5.13. The Kier molecular flexibility index (Phi) is 3.74. The molecule has 0 N–H and O–H groups in total. The highest BCUT2D eigenvalue weighted by Crippen LogP contribution is 2.23. The maximum absolute atomic E-state index is 12.5. The molecule has 0 aliphatic heterocycles. The first-order chi connectivity index (χ1) is 8.49. The average molecular weight is 279 g/mol. The van der Waals surface area contributed by atoms with E-state index in [1.807, 2.05) is 32.0 Å². The molecule has 0 spiro atoms. The van der Waals surface area contributed by atoms with Gasteiger partial charge in [0.15, 0.2) is 5.78 Å². The maximum Gasteiger partial charge on any atom is 0.193 e. The molecule has 0 saturated heterocycles. The molecule has 3 heteroatoms. The molecule has 2 aromatic rings. The van der Waals surface area contributed by atoms with Gasteiger partial charge in [-0.2, -0.15) is 0 Å². The van der Waals surface area contributed by atoms with Gasteiger partial charge in [0.05, 0.1) is 0 Å². The molecule has 0 aliphatic carbocycles. The van der Waals surface area contributed by atoms with Crippen LogP contribution in [0.2, 0.25) is 10.0 Å². The van der Waals surface area contributed by atoms with Gasteiger partial charge in [-0.05, 0) is 43.2 Å². The second-order valence-electron chi connectivity index (χ2n) is 4.25. The Morgan fingerprint density at radius 3 is 1.94 bits per heavy atom. The van der Waals surface area contributed by atoms with Crippen LogP contribution < -0.4 is 0 Å². The van der Waals surface area contributed by atoms with E-state index < -0.39 is 0 Å². The normalized spacial score (nSPS) is 10.4. The van der Waals surface area contributed by atoms with Crippen molar-refractivity contribution in [3.63, 3.8) is 0 Å². The van der Waals surface area contributed by atoms with Gasteiger partial charge in [0.25, 0.3) is 0 Å². The lowest BCUT2D eigenvalue weighted by atomic mass is 9.95. The first kappa shape index (κ1) is 13.1. The number of carbonyl (C=O) groups excluding carboxylic acids is 1. The van der Waals surface area contributed by atoms with Gasteiger partial charge < -0.3 is 0 Å². The maximum atomic E-state index is 12.5. The second-order valence-corrected chi connectivity index (χ2v) is 5.13. The van der Waals surface area contributed by atoms with Crippen molar-refractivity contribution in [3.05, 3.63) is 68.7 Å². The summed E-state index contributed by atoms with van der Waals surface area (Å²) in [5.74, 6) is -0.0463. The first-order valence-corrected chi connectivity index (χ1v) is 6.31. The smallest absolute Gasteiger partial charge is 0.193 e. The summed E-state index contributed by atoms with van der Waals surface area (Å²) in [5.41, 5.74) is 3.15. The molecule has 0 amide bonds. The lowest BCUT2D eigenvalue weighted by Crippen LogP contribution is -2.06. The first-order valence-electron chi connectivity index (χ1n) is 5.56. The average Bonchev–Trinajstić information content (AvgIpc) is 2.27. The molecule has 1 nitrogen and oxygen atoms in total. The molecule has 0 unspecified atom stereocenters. The molecular formula is C15H12Cl2O. The summed E-state index contributed by atoms with van der Waals surface area (Å²) >= 11 is 11.8. The predicted octanol–water partition coefficient (Wildman–Crippen LogP) is 4.84. The summed E-state index contributed by atoms with van der Waals surface area (Å²) in [6.45, 7) is 3.85. The Hall–Kier alpha value is -1.31. The van der Waals surface area contributed by atoms with Crippen molar-refractivity contribution in [1.82, 2.24) is 0 Å². The molecule has 0 aliphatic rings. The fourth-order valence-corrected chi connectivity index (χ4v) is 2.53. The number of hydrogen-bond donors (Lipinski definition) is 0. The zero-order valence-corrected chi connectivity index (χ0v) is 11.6. The molecule has 18 heavy (non-hydrogen) atoms. The van der Waals surface area contributed by atoms with E-state index in [-0.39, 0.29) is 5.78 Å². The van der Waals surface area contributed by atoms with Gasteiger partial charge in [-0.25, -0.2) is 0 Å². The van der Waals surface area contributed by atoms with Gasteiger partial charge in [-0.15, -0.1) is 0 Å². The van der Waals surface area contributed by atoms with Gasteiger partial charge in [0.2, 0.25) is 0 Å². The van der Waals surface area contributed by atoms with Gasteiger partial charge in [-0.3, -0.25) is 4.79 Å². The summed E-state index contributed by atoms with van der Waals surface area (Å²) < 4.78 is 0. The SMILES string of the molecule is Cc1cccc(C)c1C(=O)c1cc(Cl)cc(Cl)c1. The summed E-state index contributed by atoms with van der Waals surface area (Å²) in [4.78, 5) is 12.5. The van der Waals surface area contributed by atoms with Crippen LogP contribution in [-0.4, -0.2) is 5.78 Å². The molecule has 0 saturated carbocycles. The van der Waals surface area contributed by atoms with E-state index in [0.29, 0.717) is 15.6 Å². The van der Waals surface area contributed by atoms with Crippen molar-refractivity contribution in [2.75, 3.05) is 0 Å². The van der Waals surface area contributed by atoms with E-state index >= 15 is 0 Å². The van der Waals surface area contributed by atoms with Crippen molar-refractivity contribution >= 4 is 29.0 Å². The summed E-state index contributed by atoms with van der Waals surface area (Å²) in [6, 6.07) is 10.7. The topological polar surface area (TPSA) is 17.1 Å². The molecule has 2 aromatic carbocycles. The third-order valence-corrected chi connectivity index (χ3v) is 3.27. The predicted molar refractivity (Wildman–Crippen MR) is 75.8 cm³/mol. The standard InChI is InChI=1S/C15H12Cl2O/c1-9-4-3-5-10(2)14(9)15(18)11-6-12(16)8-13(17)7-11/h3-8H,1-2H3. The number of ketones is 1. The number of benzene rings is 2. The van der Waals surface area contributed by atoms with Gasteiger partial charge in [0, 0.05) is 21.2 Å². The fourth-order valence-electron chi connectivity index (χ4n) is 2.00. The van der Waals surface area contributed by atoms with Crippen molar-refractivity contribution in [3.8, 4) is 0 Å². The Morgan fingerprint density at radius 1 is 0.944 bits per heavy atom. The van der Waals surface area contributed by atoms with Crippen molar-refractivity contribution in [2.45, 2.75) is 13.8 Å². The zero-order valence-electron chi connectivity index (χ0n) is 10.1. The van der Waals surface area contributed by atoms with Gasteiger partial charge >= 0.3 is 0 Å². The van der Waals surface area contributed by atoms with Crippen LogP contribution >= 0.6 is 23.2 Å². The zero-order chi connectivity index (χ0) is 13.3. The van der Waals surface area contributed by atoms with E-state index in [4.69, 9.17) is 23.2 Å². The fraction of sp³-hybridized carbons (Fsp3) is 0.133. The summed E-state index contributed by atoms with van der Waals surface area (Å²) in [5, 5.41) is 0.939. The minimum atomic E-state index is -0.0463. The quantitative estimate of drug-likeness (QED) is 0.719. The Balaban J connectivity index is 2.55. The Bertz CT molecular complexity index is 577. The van der Waals surface area contributed by atoms with Crippen LogP contribution in [0.15, 0.2) is 36.4 Å². The Labute approximate surface area is 116 Å². The van der Waals surface area contributed by atoms with E-state index in [9.17, 15) is 4.79 Å². The molecule has 0 bridgehead atoms. The van der Waals surface area contributed by atoms with Gasteiger partial charge in [-0.1, -0.05) is 41.4 Å². The van der Waals surface area contributed by atoms with Crippen molar-refractivity contribution in [1.29, 1.82) is 0 Å². The third kappa shape index (κ3) is 2.58. The Morgan fingerprint density at radius 2 is 1.44 bits per heavy atom. The van der Waals surface area contributed by atoms with Crippen LogP contribution in [0.5, 0.6) is 0 Å². The molecule has 0 aromatic heterocycles. The number of hydrogen-bond acceptors (Lipinski definition) is 1. The van der Waals surface area contributed by atoms with E-state index in [1.54, 1.807) is 18.2 Å². The molecule has 0 fully saturated rings. The minimum absolute atomic E-state index is 0.0463. The molecule has 2 rings (SSSR count). The van der Waals surface area contributed by atoms with Crippen LogP contribution in [0.1, 0.15) is 27.0 Å². The molecule has 0 heterocycles. The summed E-state index contributed by atoms with van der Waals surface area (Å²) in [7, 11) is 0. The van der Waals surface area contributed by atoms with Gasteiger partial charge in [0.1, 0.15) is 0 Å². The lowest BCUT2D eigenvalue weighted by molar-refractivity contribution is 0.103. The number of rotatable bonds is 2. The van der Waals surface area contributed by atoms with Crippen molar-refractivity contribution in [2.24, 2.45) is 0 Å². The van der Waals surface area contributed by atoms with Crippen molar-refractivity contribution < 1.29 is 4.79 Å². The van der Waals surface area contributed by atoms with E-state index in [1.165, 1.54) is 0 Å². The lowest BCUT2D eigenvalue weighted by Gasteiger charge is -2.09. The van der Waals surface area contributed by atoms with Crippen LogP contribution in [0.25, 0.3) is 0 Å². The van der Waals surface area contributed by atoms with Crippen LogP contribution in [0, 0.1) is 13.8 Å². The van der Waals surface area contributed by atoms with E-state index in [2.05, 4.69) is 0 Å². The van der Waals surface area contributed by atoms with Crippen LogP contribution in [0.4, 0.5) is 0 Å². The highest BCUT2D eigenvalue weighted by molar-refractivity contribution is 6.35. The molecule has 0 radical (unpaired) electrons. The number of carbonyl (C=O) groups is 1. The molecular weight excluding hydrogens is 267 g/mol. The number of halogens is 2. The molecule has 0 atom stereocenters. The van der Waals surface area contributed by atoms with E-state index in [0.717, 1.165) is 16.7 Å². The summed E-state index contributed by atoms with van der Waals surface area (Å²) in [6.07, 6.45) is 0. The molecule has 92 valence electrons. The largest absolute Gasteiger partial charge is 0.289 e. The van der Waals surface area contributed by atoms with Crippen LogP contribution in [0.3, 0.4) is 0 Å². The highest BCUT2D eigenvalue weighted by atomic mass is 35.5. The monoisotopic (exact) mass is 278 g/mol. The highest BCUT2D eigenvalue weighted by Gasteiger charge is 2.15. The third-order valence-electron chi connectivity index (χ3n) is 2.83.